The molecule has 0 amide bonds. The number of nitrogens with two attached hydrogens (primary N) is 2. The van der Waals surface area contributed by atoms with Crippen LogP contribution in [-0.4, -0.2) is 40.9 Å². The van der Waals surface area contributed by atoms with Crippen molar-refractivity contribution in [3.8, 4) is 0 Å². The maximum Gasteiger partial charge on any atom is 0.149 e. The van der Waals surface area contributed by atoms with Gasteiger partial charge in [0, 0.05) is 43.2 Å². The Balaban J connectivity index is 0. The minimum absolute atomic E-state index is 0. The summed E-state index contributed by atoms with van der Waals surface area (Å²) >= 11 is 0. The molecule has 9 heteroatoms. The Morgan fingerprint density at radius 3 is 1.16 bits per heavy atom. The fourth-order valence-corrected chi connectivity index (χ4v) is 4.52. The Labute approximate surface area is 206 Å². The van der Waals surface area contributed by atoms with Crippen molar-refractivity contribution in [2.75, 3.05) is 24.0 Å². The molecule has 0 bridgehead atoms. The van der Waals surface area contributed by atoms with Crippen LogP contribution in [0.5, 0.6) is 0 Å². The van der Waals surface area contributed by atoms with Gasteiger partial charge in [0.25, 0.3) is 0 Å². The average molecular weight is 522 g/mol. The minimum Gasteiger partial charge on any atom is -0.323 e. The first-order valence-electron chi connectivity index (χ1n) is 9.60. The van der Waals surface area contributed by atoms with E-state index in [0.717, 1.165) is 22.3 Å². The summed E-state index contributed by atoms with van der Waals surface area (Å²) in [6.07, 6.45) is 2.40. The predicted molar refractivity (Wildman–Crippen MR) is 132 cm³/mol. The Morgan fingerprint density at radius 1 is 0.656 bits per heavy atom. The van der Waals surface area contributed by atoms with Gasteiger partial charge in [-0.25, -0.2) is 16.8 Å². The standard InChI is InChI=1S/2C11H17NO2S.CH4.V/c2*1-8-4-5-10(6-9(8)2)11(12)7-15(3,13)14;;/h2*4-6,11H,7,12H2,1-3H3;1H4;/t2*11-;;/m11../s1. The number of hydrogen-bond acceptors (Lipinski definition) is 6. The molecule has 0 saturated heterocycles. The molecule has 0 aromatic heterocycles. The molecule has 6 nitrogen and oxygen atoms in total. The quantitative estimate of drug-likeness (QED) is 0.602. The molecule has 0 spiro atoms. The van der Waals surface area contributed by atoms with Crippen LogP contribution in [-0.2, 0) is 38.2 Å². The smallest absolute Gasteiger partial charge is 0.149 e. The summed E-state index contributed by atoms with van der Waals surface area (Å²) in [5.41, 5.74) is 18.0. The van der Waals surface area contributed by atoms with Crippen molar-refractivity contribution in [1.29, 1.82) is 0 Å². The monoisotopic (exact) mass is 521 g/mol. The number of rotatable bonds is 6. The van der Waals surface area contributed by atoms with Gasteiger partial charge in [0.2, 0.25) is 0 Å². The number of sulfone groups is 2. The van der Waals surface area contributed by atoms with Crippen molar-refractivity contribution in [3.63, 3.8) is 0 Å². The van der Waals surface area contributed by atoms with Gasteiger partial charge in [-0.2, -0.15) is 0 Å². The van der Waals surface area contributed by atoms with Gasteiger partial charge in [-0.1, -0.05) is 43.8 Å². The van der Waals surface area contributed by atoms with Gasteiger partial charge in [0.05, 0.1) is 11.5 Å². The average Bonchev–Trinajstić information content (AvgIpc) is 2.57. The first-order chi connectivity index (χ1) is 13.6. The van der Waals surface area contributed by atoms with E-state index >= 15 is 0 Å². The van der Waals surface area contributed by atoms with Crippen LogP contribution in [0.1, 0.15) is 52.9 Å². The first-order valence-corrected chi connectivity index (χ1v) is 13.7. The fraction of sp³-hybridized carbons (Fsp3) is 0.478. The zero-order valence-electron chi connectivity index (χ0n) is 19.1. The molecule has 2 aromatic carbocycles. The summed E-state index contributed by atoms with van der Waals surface area (Å²) in [5, 5.41) is 0. The number of aryl methyl sites for hydroxylation is 4. The predicted octanol–water partition coefficient (Wildman–Crippen LogP) is 3.33. The van der Waals surface area contributed by atoms with Crippen LogP contribution in [0.25, 0.3) is 0 Å². The molecular formula is C23H38N2O4S2V. The van der Waals surface area contributed by atoms with Crippen LogP contribution in [0.3, 0.4) is 0 Å². The molecular weight excluding hydrogens is 483 g/mol. The largest absolute Gasteiger partial charge is 0.323 e. The molecule has 1 radical (unpaired) electrons. The van der Waals surface area contributed by atoms with E-state index in [1.54, 1.807) is 0 Å². The van der Waals surface area contributed by atoms with Crippen LogP contribution in [0.2, 0.25) is 0 Å². The Hall–Kier alpha value is -1.16. The molecule has 2 atom stereocenters. The second-order valence-corrected chi connectivity index (χ2v) is 12.5. The van der Waals surface area contributed by atoms with Crippen molar-refractivity contribution in [3.05, 3.63) is 69.8 Å². The summed E-state index contributed by atoms with van der Waals surface area (Å²) in [6, 6.07) is 10.7. The number of benzene rings is 2. The SMILES string of the molecule is C.Cc1ccc([C@H](N)CS(C)(=O)=O)cc1C.Cc1ccc([C@H](N)CS(C)(=O)=O)cc1C.[V]. The molecule has 0 aliphatic carbocycles. The van der Waals surface area contributed by atoms with Gasteiger partial charge in [-0.05, 0) is 61.1 Å². The van der Waals surface area contributed by atoms with Gasteiger partial charge in [-0.3, -0.25) is 0 Å². The summed E-state index contributed by atoms with van der Waals surface area (Å²) in [7, 11) is -6.04. The fourth-order valence-electron chi connectivity index (χ4n) is 2.84. The second kappa shape index (κ2) is 13.5. The molecule has 0 fully saturated rings. The maximum atomic E-state index is 11.1. The summed E-state index contributed by atoms with van der Waals surface area (Å²) in [5.74, 6) is -0.00893. The first kappa shape index (κ1) is 33.0. The van der Waals surface area contributed by atoms with Crippen molar-refractivity contribution in [2.45, 2.75) is 47.2 Å². The third-order valence-corrected chi connectivity index (χ3v) is 6.81. The van der Waals surface area contributed by atoms with Crippen LogP contribution in [0.4, 0.5) is 0 Å². The van der Waals surface area contributed by atoms with Gasteiger partial charge < -0.3 is 11.5 Å². The maximum absolute atomic E-state index is 11.1. The Morgan fingerprint density at radius 2 is 0.938 bits per heavy atom. The van der Waals surface area contributed by atoms with Crippen molar-refractivity contribution < 1.29 is 35.4 Å². The van der Waals surface area contributed by atoms with E-state index in [1.807, 2.05) is 64.1 Å². The van der Waals surface area contributed by atoms with Crippen molar-refractivity contribution in [1.82, 2.24) is 0 Å². The molecule has 0 heterocycles. The summed E-state index contributed by atoms with van der Waals surface area (Å²) in [4.78, 5) is 0. The minimum atomic E-state index is -3.02. The van der Waals surface area contributed by atoms with Crippen LogP contribution in [0.15, 0.2) is 36.4 Å². The molecule has 181 valence electrons. The molecule has 4 N–H and O–H groups in total. The van der Waals surface area contributed by atoms with E-state index in [2.05, 4.69) is 0 Å². The van der Waals surface area contributed by atoms with Gasteiger partial charge in [-0.15, -0.1) is 0 Å². The zero-order chi connectivity index (χ0) is 23.3. The van der Waals surface area contributed by atoms with Crippen LogP contribution in [0, 0.1) is 27.7 Å². The van der Waals surface area contributed by atoms with Crippen LogP contribution < -0.4 is 11.5 Å². The topological polar surface area (TPSA) is 120 Å². The third kappa shape index (κ3) is 12.2. The zero-order valence-corrected chi connectivity index (χ0v) is 22.1. The molecule has 32 heavy (non-hydrogen) atoms. The van der Waals surface area contributed by atoms with Crippen molar-refractivity contribution >= 4 is 19.7 Å². The summed E-state index contributed by atoms with van der Waals surface area (Å²) < 4.78 is 44.3. The molecule has 0 unspecified atom stereocenters. The third-order valence-electron chi connectivity index (χ3n) is 4.88. The molecule has 0 aliphatic heterocycles. The Bertz CT molecular complexity index is 998. The molecule has 2 rings (SSSR count). The van der Waals surface area contributed by atoms with E-state index in [9.17, 15) is 16.8 Å². The van der Waals surface area contributed by atoms with E-state index in [4.69, 9.17) is 11.5 Å². The van der Waals surface area contributed by atoms with E-state index in [1.165, 1.54) is 23.6 Å². The van der Waals surface area contributed by atoms with E-state index in [-0.39, 0.29) is 37.5 Å². The van der Waals surface area contributed by atoms with Gasteiger partial charge >= 0.3 is 0 Å². The molecule has 0 aliphatic rings. The second-order valence-electron chi connectivity index (χ2n) is 8.09. The molecule has 2 aromatic rings. The molecule has 0 saturated carbocycles. The van der Waals surface area contributed by atoms with Gasteiger partial charge in [0.15, 0.2) is 0 Å². The van der Waals surface area contributed by atoms with Gasteiger partial charge in [0.1, 0.15) is 19.7 Å². The summed E-state index contributed by atoms with van der Waals surface area (Å²) in [6.45, 7) is 8.01. The Kier molecular flexibility index (Phi) is 14.0. The normalized spacial score (nSPS) is 13.0. The van der Waals surface area contributed by atoms with Crippen molar-refractivity contribution in [2.24, 2.45) is 11.5 Å². The van der Waals surface area contributed by atoms with Crippen LogP contribution >= 0.6 is 0 Å². The van der Waals surface area contributed by atoms with E-state index in [0.29, 0.717) is 0 Å². The number of hydrogen-bond donors (Lipinski definition) is 2. The van der Waals surface area contributed by atoms with E-state index < -0.39 is 31.8 Å².